The van der Waals surface area contributed by atoms with Gasteiger partial charge in [-0.25, -0.2) is 14.1 Å². The summed E-state index contributed by atoms with van der Waals surface area (Å²) in [6.07, 6.45) is 1.61. The highest BCUT2D eigenvalue weighted by atomic mass is 32.2. The summed E-state index contributed by atoms with van der Waals surface area (Å²) >= 11 is 1.24. The lowest BCUT2D eigenvalue weighted by Crippen LogP contribution is -2.37. The molecule has 1 aliphatic rings. The van der Waals surface area contributed by atoms with E-state index in [4.69, 9.17) is 4.98 Å². The van der Waals surface area contributed by atoms with Crippen molar-refractivity contribution in [1.29, 1.82) is 0 Å². The van der Waals surface area contributed by atoms with Gasteiger partial charge in [0.1, 0.15) is 0 Å². The van der Waals surface area contributed by atoms with Crippen LogP contribution in [-0.4, -0.2) is 30.8 Å². The van der Waals surface area contributed by atoms with E-state index in [2.05, 4.69) is 30.3 Å². The highest BCUT2D eigenvalue weighted by molar-refractivity contribution is 7.99. The zero-order chi connectivity index (χ0) is 24.0. The number of fused-ring (bicyclic) bond motifs is 4. The number of nitrogens with one attached hydrogen (secondary N) is 1. The molecule has 0 saturated carbocycles. The number of amides is 1. The van der Waals surface area contributed by atoms with Crippen molar-refractivity contribution < 1.29 is 4.79 Å². The van der Waals surface area contributed by atoms with Gasteiger partial charge in [-0.3, -0.25) is 9.59 Å². The molecule has 7 nitrogen and oxygen atoms in total. The lowest BCUT2D eigenvalue weighted by atomic mass is 9.69. The minimum atomic E-state index is -0.324. The Kier molecular flexibility index (Phi) is 5.56. The molecule has 2 aromatic carbocycles. The minimum absolute atomic E-state index is 0.103. The van der Waals surface area contributed by atoms with Crippen LogP contribution in [0.3, 0.4) is 0 Å². The number of rotatable bonds is 5. The van der Waals surface area contributed by atoms with Gasteiger partial charge >= 0.3 is 0 Å². The van der Waals surface area contributed by atoms with Gasteiger partial charge in [0, 0.05) is 23.7 Å². The Morgan fingerprint density at radius 3 is 2.76 bits per heavy atom. The normalized spacial score (nSPS) is 16.8. The highest BCUT2D eigenvalue weighted by Crippen LogP contribution is 2.42. The molecule has 174 valence electrons. The smallest absolute Gasteiger partial charge is 0.265 e. The topological polar surface area (TPSA) is 81.3 Å². The maximum atomic E-state index is 13.9. The maximum Gasteiger partial charge on any atom is 0.265 e. The van der Waals surface area contributed by atoms with Gasteiger partial charge in [0.05, 0.1) is 17.0 Å². The Morgan fingerprint density at radius 2 is 2.00 bits per heavy atom. The number of carbonyl (C=O) groups excluding carboxylic acids is 1. The van der Waals surface area contributed by atoms with Crippen LogP contribution in [-0.2, 0) is 23.7 Å². The number of aromatic nitrogens is 4. The molecular formula is C26H27N5O2S. The Balaban J connectivity index is 1.54. The number of anilines is 1. The fraction of sp³-hybridized carbons (Fsp3) is 0.308. The van der Waals surface area contributed by atoms with Crippen LogP contribution in [0.4, 0.5) is 5.69 Å². The van der Waals surface area contributed by atoms with Crippen molar-refractivity contribution >= 4 is 29.1 Å². The average molecular weight is 474 g/mol. The molecule has 0 saturated heterocycles. The predicted molar refractivity (Wildman–Crippen MR) is 136 cm³/mol. The van der Waals surface area contributed by atoms with Crippen LogP contribution in [0, 0.1) is 6.92 Å². The summed E-state index contributed by atoms with van der Waals surface area (Å²) in [5.74, 6) is 0.457. The van der Waals surface area contributed by atoms with Gasteiger partial charge in [0.15, 0.2) is 5.16 Å². The van der Waals surface area contributed by atoms with E-state index < -0.39 is 0 Å². The average Bonchev–Trinajstić information content (AvgIpc) is 3.13. The lowest BCUT2D eigenvalue weighted by Gasteiger charge is -2.34. The van der Waals surface area contributed by atoms with Crippen LogP contribution in [0.25, 0.3) is 17.0 Å². The fourth-order valence-corrected chi connectivity index (χ4v) is 5.52. The van der Waals surface area contributed by atoms with Crippen molar-refractivity contribution in [2.75, 3.05) is 11.1 Å². The van der Waals surface area contributed by atoms with Crippen LogP contribution >= 0.6 is 11.8 Å². The molecule has 8 heteroatoms. The monoisotopic (exact) mass is 473 g/mol. The Labute approximate surface area is 202 Å². The zero-order valence-corrected chi connectivity index (χ0v) is 20.6. The molecule has 0 unspecified atom stereocenters. The van der Waals surface area contributed by atoms with E-state index in [1.807, 2.05) is 49.4 Å². The number of aryl methyl sites for hydroxylation is 2. The first kappa shape index (κ1) is 22.4. The Hall–Kier alpha value is -3.39. The van der Waals surface area contributed by atoms with Crippen LogP contribution in [0.2, 0.25) is 0 Å². The molecule has 1 N–H and O–H groups in total. The third kappa shape index (κ3) is 3.72. The van der Waals surface area contributed by atoms with Crippen LogP contribution < -0.4 is 10.9 Å². The number of carbonyl (C=O) groups is 1. The summed E-state index contributed by atoms with van der Waals surface area (Å²) in [5.41, 5.74) is 5.09. The first-order chi connectivity index (χ1) is 16.3. The molecule has 1 atom stereocenters. The molecule has 0 bridgehead atoms. The molecule has 1 amide bonds. The largest absolute Gasteiger partial charge is 0.325 e. The summed E-state index contributed by atoms with van der Waals surface area (Å²) < 4.78 is 3.17. The number of nitrogens with zero attached hydrogens (tertiary/aromatic N) is 4. The lowest BCUT2D eigenvalue weighted by molar-refractivity contribution is -0.113. The minimum Gasteiger partial charge on any atom is -0.325 e. The summed E-state index contributed by atoms with van der Waals surface area (Å²) in [6, 6.07) is 15.8. The molecular weight excluding hydrogens is 446 g/mol. The fourth-order valence-electron chi connectivity index (χ4n) is 4.72. The molecule has 2 heterocycles. The van der Waals surface area contributed by atoms with Gasteiger partial charge in [-0.2, -0.15) is 0 Å². The van der Waals surface area contributed by atoms with Crippen molar-refractivity contribution in [3.05, 3.63) is 75.6 Å². The standard InChI is InChI=1S/C26H27N5O2S/c1-5-26(3)14-17-10-6-7-12-19(17)22-21(26)23(33)31-24(28-22)30(4)29-25(31)34-15-20(32)27-18-11-8-9-16(2)13-18/h6-13H,5,14-15H2,1-4H3,(H,27,32)/t26-/m1/s1. The molecule has 5 rings (SSSR count). The Bertz CT molecular complexity index is 1490. The molecule has 4 aromatic rings. The third-order valence-electron chi connectivity index (χ3n) is 6.65. The van der Waals surface area contributed by atoms with Crippen molar-refractivity contribution in [3.8, 4) is 11.3 Å². The van der Waals surface area contributed by atoms with E-state index >= 15 is 0 Å². The third-order valence-corrected chi connectivity index (χ3v) is 7.58. The summed E-state index contributed by atoms with van der Waals surface area (Å²) in [4.78, 5) is 31.4. The van der Waals surface area contributed by atoms with Crippen LogP contribution in [0.5, 0.6) is 0 Å². The van der Waals surface area contributed by atoms with E-state index in [9.17, 15) is 9.59 Å². The number of thioether (sulfide) groups is 1. The van der Waals surface area contributed by atoms with Gasteiger partial charge < -0.3 is 5.32 Å². The van der Waals surface area contributed by atoms with E-state index in [1.54, 1.807) is 16.1 Å². The molecule has 1 aliphatic carbocycles. The number of benzene rings is 2. The molecule has 0 radical (unpaired) electrons. The van der Waals surface area contributed by atoms with E-state index in [1.165, 1.54) is 17.3 Å². The SMILES string of the molecule is CC[C@]1(C)Cc2ccccc2-c2nc3n(C)nc(SCC(=O)Nc4cccc(C)c4)n3c(=O)c21. The van der Waals surface area contributed by atoms with Crippen molar-refractivity contribution in [2.24, 2.45) is 7.05 Å². The second-order valence-corrected chi connectivity index (χ2v) is 10.1. The maximum absolute atomic E-state index is 13.9. The predicted octanol–water partition coefficient (Wildman–Crippen LogP) is 4.36. The van der Waals surface area contributed by atoms with Crippen molar-refractivity contribution in [3.63, 3.8) is 0 Å². The van der Waals surface area contributed by atoms with Gasteiger partial charge in [-0.15, -0.1) is 5.10 Å². The first-order valence-electron chi connectivity index (χ1n) is 11.4. The van der Waals surface area contributed by atoms with Crippen molar-refractivity contribution in [2.45, 2.75) is 44.2 Å². The second kappa shape index (κ2) is 8.43. The molecule has 0 aliphatic heterocycles. The van der Waals surface area contributed by atoms with Crippen LogP contribution in [0.1, 0.15) is 37.0 Å². The van der Waals surface area contributed by atoms with Gasteiger partial charge in [0.25, 0.3) is 5.56 Å². The molecule has 0 fully saturated rings. The van der Waals surface area contributed by atoms with E-state index in [-0.39, 0.29) is 22.6 Å². The first-order valence-corrected chi connectivity index (χ1v) is 12.4. The highest BCUT2D eigenvalue weighted by Gasteiger charge is 2.38. The van der Waals surface area contributed by atoms with E-state index in [0.29, 0.717) is 10.9 Å². The zero-order valence-electron chi connectivity index (χ0n) is 19.8. The van der Waals surface area contributed by atoms with Gasteiger partial charge in [-0.05, 0) is 43.0 Å². The summed E-state index contributed by atoms with van der Waals surface area (Å²) in [5, 5.41) is 7.92. The van der Waals surface area contributed by atoms with Gasteiger partial charge in [-0.1, -0.05) is 62.0 Å². The summed E-state index contributed by atoms with van der Waals surface area (Å²) in [6.45, 7) is 6.23. The van der Waals surface area contributed by atoms with E-state index in [0.717, 1.165) is 40.9 Å². The molecule has 0 spiro atoms. The Morgan fingerprint density at radius 1 is 1.21 bits per heavy atom. The van der Waals surface area contributed by atoms with Crippen LogP contribution in [0.15, 0.2) is 58.5 Å². The van der Waals surface area contributed by atoms with Gasteiger partial charge in [0.2, 0.25) is 11.7 Å². The van der Waals surface area contributed by atoms with Crippen molar-refractivity contribution in [1.82, 2.24) is 19.2 Å². The quantitative estimate of drug-likeness (QED) is 0.436. The second-order valence-electron chi connectivity index (χ2n) is 9.14. The summed E-state index contributed by atoms with van der Waals surface area (Å²) in [7, 11) is 1.78. The molecule has 2 aromatic heterocycles. The number of hydrogen-bond acceptors (Lipinski definition) is 5. The number of hydrogen-bond donors (Lipinski definition) is 1. The molecule has 34 heavy (non-hydrogen) atoms.